The molecule has 0 aliphatic carbocycles. The average molecular weight is 551 g/mol. The maximum atomic E-state index is 13.3. The summed E-state index contributed by atoms with van der Waals surface area (Å²) >= 11 is 1.62. The SMILES string of the molecule is Cc1ccc(N2c3ccccc3Oc3ccccc32)c2nc(-c3ccc(C(F)(F)F)cc3)cc(-c3cccs3)c12. The van der Waals surface area contributed by atoms with Gasteiger partial charge in [-0.3, -0.25) is 0 Å². The molecule has 4 aromatic carbocycles. The van der Waals surface area contributed by atoms with Crippen LogP contribution in [0.5, 0.6) is 11.5 Å². The van der Waals surface area contributed by atoms with E-state index in [1.165, 1.54) is 12.1 Å². The van der Waals surface area contributed by atoms with Gasteiger partial charge in [-0.05, 0) is 72.5 Å². The van der Waals surface area contributed by atoms with Crippen molar-refractivity contribution in [3.05, 3.63) is 120 Å². The van der Waals surface area contributed by atoms with Gasteiger partial charge in [0.2, 0.25) is 0 Å². The van der Waals surface area contributed by atoms with E-state index in [-0.39, 0.29) is 0 Å². The summed E-state index contributed by atoms with van der Waals surface area (Å²) in [4.78, 5) is 8.34. The number of benzene rings is 4. The van der Waals surface area contributed by atoms with Crippen molar-refractivity contribution in [2.24, 2.45) is 0 Å². The number of hydrogen-bond acceptors (Lipinski definition) is 4. The van der Waals surface area contributed by atoms with Crippen molar-refractivity contribution in [3.8, 4) is 33.2 Å². The Bertz CT molecular complexity index is 1830. The summed E-state index contributed by atoms with van der Waals surface area (Å²) in [6.45, 7) is 2.06. The van der Waals surface area contributed by atoms with Crippen LogP contribution < -0.4 is 9.64 Å². The summed E-state index contributed by atoms with van der Waals surface area (Å²) in [7, 11) is 0. The lowest BCUT2D eigenvalue weighted by molar-refractivity contribution is -0.137. The Hall–Kier alpha value is -4.62. The van der Waals surface area contributed by atoms with Gasteiger partial charge in [0.05, 0.1) is 33.8 Å². The molecule has 0 saturated heterocycles. The molecule has 0 N–H and O–H groups in total. The van der Waals surface area contributed by atoms with Gasteiger partial charge in [-0.25, -0.2) is 4.98 Å². The van der Waals surface area contributed by atoms with E-state index in [9.17, 15) is 13.2 Å². The predicted octanol–water partition coefficient (Wildman–Crippen LogP) is 10.5. The molecule has 2 aromatic heterocycles. The van der Waals surface area contributed by atoms with Gasteiger partial charge in [0.1, 0.15) is 0 Å². The highest BCUT2D eigenvalue weighted by Crippen LogP contribution is 2.52. The number of hydrogen-bond donors (Lipinski definition) is 0. The quantitative estimate of drug-likeness (QED) is 0.219. The number of alkyl halides is 3. The lowest BCUT2D eigenvalue weighted by Crippen LogP contribution is -2.16. The van der Waals surface area contributed by atoms with Gasteiger partial charge in [0, 0.05) is 21.4 Å². The van der Waals surface area contributed by atoms with Crippen LogP contribution in [0.2, 0.25) is 0 Å². The summed E-state index contributed by atoms with van der Waals surface area (Å²) in [6, 6.07) is 31.1. The molecule has 0 radical (unpaired) electrons. The fourth-order valence-corrected chi connectivity index (χ4v) is 5.99. The van der Waals surface area contributed by atoms with Crippen molar-refractivity contribution in [3.63, 3.8) is 0 Å². The van der Waals surface area contributed by atoms with Crippen LogP contribution >= 0.6 is 11.3 Å². The minimum Gasteiger partial charge on any atom is -0.453 e. The molecule has 0 fully saturated rings. The van der Waals surface area contributed by atoms with Crippen LogP contribution in [0.4, 0.5) is 30.2 Å². The molecule has 0 bridgehead atoms. The van der Waals surface area contributed by atoms with E-state index in [0.29, 0.717) is 11.3 Å². The monoisotopic (exact) mass is 550 g/mol. The molecule has 7 heteroatoms. The number of aryl methyl sites for hydroxylation is 1. The van der Waals surface area contributed by atoms with Crippen molar-refractivity contribution in [2.45, 2.75) is 13.1 Å². The molecule has 0 atom stereocenters. The van der Waals surface area contributed by atoms with Crippen molar-refractivity contribution in [1.82, 2.24) is 4.98 Å². The van der Waals surface area contributed by atoms with Crippen molar-refractivity contribution < 1.29 is 17.9 Å². The number of anilines is 3. The normalized spacial score (nSPS) is 12.7. The topological polar surface area (TPSA) is 25.4 Å². The standard InChI is InChI=1S/C33H21F3N2OS/c1-20-12-17-27(38-25-7-2-4-9-28(25)39-29-10-5-3-8-26(29)38)32-31(20)23(30-11-6-18-40-30)19-24(37-32)21-13-15-22(16-14-21)33(34,35)36/h2-19H,1H3. The Morgan fingerprint density at radius 3 is 2.05 bits per heavy atom. The average Bonchev–Trinajstić information content (AvgIpc) is 3.51. The highest BCUT2D eigenvalue weighted by molar-refractivity contribution is 7.13. The molecule has 1 aliphatic rings. The first kappa shape index (κ1) is 24.4. The number of pyridine rings is 1. The van der Waals surface area contributed by atoms with Gasteiger partial charge >= 0.3 is 6.18 Å². The van der Waals surface area contributed by atoms with Gasteiger partial charge < -0.3 is 9.64 Å². The van der Waals surface area contributed by atoms with Crippen LogP contribution in [-0.4, -0.2) is 4.98 Å². The third kappa shape index (κ3) is 4.01. The highest BCUT2D eigenvalue weighted by atomic mass is 32.1. The van der Waals surface area contributed by atoms with Crippen LogP contribution in [0.25, 0.3) is 32.6 Å². The predicted molar refractivity (Wildman–Crippen MR) is 155 cm³/mol. The van der Waals surface area contributed by atoms with Crippen LogP contribution in [0.1, 0.15) is 11.1 Å². The second kappa shape index (κ2) is 9.24. The zero-order valence-electron chi connectivity index (χ0n) is 21.2. The first-order chi connectivity index (χ1) is 19.4. The van der Waals surface area contributed by atoms with Gasteiger partial charge in [-0.2, -0.15) is 13.2 Å². The Labute approximate surface area is 232 Å². The van der Waals surface area contributed by atoms with Crippen molar-refractivity contribution in [1.29, 1.82) is 0 Å². The van der Waals surface area contributed by atoms with Crippen LogP contribution in [-0.2, 0) is 6.18 Å². The molecule has 6 aromatic rings. The summed E-state index contributed by atoms with van der Waals surface area (Å²) in [5.74, 6) is 1.46. The summed E-state index contributed by atoms with van der Waals surface area (Å²) in [6.07, 6.45) is -4.40. The van der Waals surface area contributed by atoms with E-state index < -0.39 is 11.7 Å². The fraction of sp³-hybridized carbons (Fsp3) is 0.0606. The van der Waals surface area contributed by atoms with E-state index in [1.54, 1.807) is 11.3 Å². The largest absolute Gasteiger partial charge is 0.453 e. The first-order valence-corrected chi connectivity index (χ1v) is 13.6. The van der Waals surface area contributed by atoms with Crippen molar-refractivity contribution >= 4 is 39.3 Å². The highest BCUT2D eigenvalue weighted by Gasteiger charge is 2.31. The molecule has 0 amide bonds. The Kier molecular flexibility index (Phi) is 5.64. The number of thiophene rings is 1. The van der Waals surface area contributed by atoms with Gasteiger partial charge in [-0.1, -0.05) is 48.5 Å². The number of aromatic nitrogens is 1. The summed E-state index contributed by atoms with van der Waals surface area (Å²) in [5, 5.41) is 3.02. The fourth-order valence-electron chi connectivity index (χ4n) is 5.24. The third-order valence-electron chi connectivity index (χ3n) is 7.12. The number of fused-ring (bicyclic) bond motifs is 3. The van der Waals surface area contributed by atoms with Crippen LogP contribution in [0, 0.1) is 6.92 Å². The maximum absolute atomic E-state index is 13.3. The van der Waals surface area contributed by atoms with Gasteiger partial charge in [0.15, 0.2) is 11.5 Å². The molecule has 7 rings (SSSR count). The Balaban J connectivity index is 1.53. The van der Waals surface area contributed by atoms with E-state index in [2.05, 4.69) is 30.0 Å². The number of para-hydroxylation sites is 4. The van der Waals surface area contributed by atoms with E-state index in [4.69, 9.17) is 9.72 Å². The summed E-state index contributed by atoms with van der Waals surface area (Å²) in [5.41, 5.74) is 5.95. The molecule has 0 spiro atoms. The van der Waals surface area contributed by atoms with E-state index in [1.807, 2.05) is 66.0 Å². The van der Waals surface area contributed by atoms with E-state index >= 15 is 0 Å². The molecule has 0 unspecified atom stereocenters. The Morgan fingerprint density at radius 1 is 0.750 bits per heavy atom. The smallest absolute Gasteiger partial charge is 0.416 e. The number of halogens is 3. The minimum atomic E-state index is -4.40. The molecule has 3 heterocycles. The first-order valence-electron chi connectivity index (χ1n) is 12.7. The van der Waals surface area contributed by atoms with Crippen LogP contribution in [0.3, 0.4) is 0 Å². The van der Waals surface area contributed by atoms with Gasteiger partial charge in [-0.15, -0.1) is 11.3 Å². The molecule has 196 valence electrons. The molecular weight excluding hydrogens is 529 g/mol. The molecule has 3 nitrogen and oxygen atoms in total. The lowest BCUT2D eigenvalue weighted by Gasteiger charge is -2.33. The maximum Gasteiger partial charge on any atom is 0.416 e. The second-order valence-electron chi connectivity index (χ2n) is 9.61. The second-order valence-corrected chi connectivity index (χ2v) is 10.6. The summed E-state index contributed by atoms with van der Waals surface area (Å²) < 4.78 is 46.1. The van der Waals surface area contributed by atoms with Crippen LogP contribution in [0.15, 0.2) is 109 Å². The molecular formula is C33H21F3N2OS. The third-order valence-corrected chi connectivity index (χ3v) is 8.02. The molecule has 0 saturated carbocycles. The van der Waals surface area contributed by atoms with Gasteiger partial charge in [0.25, 0.3) is 0 Å². The number of rotatable bonds is 3. The zero-order chi connectivity index (χ0) is 27.4. The van der Waals surface area contributed by atoms with Crippen molar-refractivity contribution in [2.75, 3.05) is 4.90 Å². The molecule has 1 aliphatic heterocycles. The Morgan fingerprint density at radius 2 is 1.43 bits per heavy atom. The minimum absolute atomic E-state index is 0.603. The van der Waals surface area contributed by atoms with E-state index in [0.717, 1.165) is 67.6 Å². The molecule has 40 heavy (non-hydrogen) atoms. The number of ether oxygens (including phenoxy) is 1. The zero-order valence-corrected chi connectivity index (χ0v) is 22.1. The number of nitrogens with zero attached hydrogens (tertiary/aromatic N) is 2. The lowest BCUT2D eigenvalue weighted by atomic mass is 9.97.